The monoisotopic (exact) mass is 396 g/mol. The number of fused-ring (bicyclic) bond motifs is 2. The lowest BCUT2D eigenvalue weighted by molar-refractivity contribution is -0.133. The lowest BCUT2D eigenvalue weighted by atomic mass is 10.0. The van der Waals surface area contributed by atoms with Crippen LogP contribution in [0.15, 0.2) is 24.4 Å². The minimum Gasteiger partial charge on any atom is -0.493 e. The minimum absolute atomic E-state index is 0.0254. The molecule has 29 heavy (non-hydrogen) atoms. The SMILES string of the molecule is CC1c2nc(CC(=O)N(C)C)cn2CCN1C(=O)Cc1ccc2c(c1)CCCO2. The van der Waals surface area contributed by atoms with E-state index in [2.05, 4.69) is 15.6 Å². The molecule has 2 aliphatic rings. The molecule has 154 valence electrons. The number of carbonyl (C=O) groups excluding carboxylic acids is 2. The Morgan fingerprint density at radius 3 is 2.86 bits per heavy atom. The first-order valence-corrected chi connectivity index (χ1v) is 10.2. The number of benzene rings is 1. The standard InChI is InChI=1S/C22H28N4O3/c1-15-22-23-18(13-20(27)24(2)3)14-25(22)8-9-26(15)21(28)12-16-6-7-19-17(11-16)5-4-10-29-19/h6-7,11,14-15H,4-5,8-10,12-13H2,1-3H3. The molecular formula is C22H28N4O3. The fourth-order valence-electron chi connectivity index (χ4n) is 4.09. The Morgan fingerprint density at radius 2 is 2.07 bits per heavy atom. The molecule has 1 atom stereocenters. The van der Waals surface area contributed by atoms with E-state index in [9.17, 15) is 9.59 Å². The number of ether oxygens (including phenoxy) is 1. The fraction of sp³-hybridized carbons (Fsp3) is 0.500. The summed E-state index contributed by atoms with van der Waals surface area (Å²) in [7, 11) is 3.49. The first-order chi connectivity index (χ1) is 13.9. The predicted octanol–water partition coefficient (Wildman–Crippen LogP) is 1.98. The molecule has 2 aliphatic heterocycles. The first-order valence-electron chi connectivity index (χ1n) is 10.2. The van der Waals surface area contributed by atoms with Crippen molar-refractivity contribution in [1.29, 1.82) is 0 Å². The molecule has 0 saturated carbocycles. The number of aryl methyl sites for hydroxylation is 1. The van der Waals surface area contributed by atoms with Gasteiger partial charge in [0.2, 0.25) is 11.8 Å². The van der Waals surface area contributed by atoms with Crippen LogP contribution in [0.2, 0.25) is 0 Å². The molecule has 1 unspecified atom stereocenters. The zero-order valence-electron chi connectivity index (χ0n) is 17.4. The van der Waals surface area contributed by atoms with Crippen molar-refractivity contribution in [2.24, 2.45) is 0 Å². The highest BCUT2D eigenvalue weighted by Gasteiger charge is 2.30. The van der Waals surface area contributed by atoms with Gasteiger partial charge in [0.1, 0.15) is 11.6 Å². The summed E-state index contributed by atoms with van der Waals surface area (Å²) in [5, 5.41) is 0. The average Bonchev–Trinajstić information content (AvgIpc) is 3.11. The molecule has 0 aliphatic carbocycles. The second-order valence-electron chi connectivity index (χ2n) is 8.08. The summed E-state index contributed by atoms with van der Waals surface area (Å²) in [6.07, 6.45) is 4.63. The normalized spacial score (nSPS) is 17.9. The second kappa shape index (κ2) is 7.89. The Hall–Kier alpha value is -2.83. The van der Waals surface area contributed by atoms with Crippen LogP contribution in [-0.2, 0) is 35.4 Å². The van der Waals surface area contributed by atoms with Crippen LogP contribution in [-0.4, -0.2) is 58.4 Å². The van der Waals surface area contributed by atoms with Crippen LogP contribution in [0.3, 0.4) is 0 Å². The molecular weight excluding hydrogens is 368 g/mol. The van der Waals surface area contributed by atoms with Crippen LogP contribution in [0.5, 0.6) is 5.75 Å². The van der Waals surface area contributed by atoms with Gasteiger partial charge in [-0.15, -0.1) is 0 Å². The van der Waals surface area contributed by atoms with E-state index in [0.29, 0.717) is 19.5 Å². The van der Waals surface area contributed by atoms with E-state index in [4.69, 9.17) is 4.74 Å². The van der Waals surface area contributed by atoms with Crippen molar-refractivity contribution in [3.8, 4) is 5.75 Å². The number of rotatable bonds is 4. The van der Waals surface area contributed by atoms with Gasteiger partial charge in [0.25, 0.3) is 0 Å². The predicted molar refractivity (Wildman–Crippen MR) is 109 cm³/mol. The molecule has 7 nitrogen and oxygen atoms in total. The molecule has 0 N–H and O–H groups in total. The quantitative estimate of drug-likeness (QED) is 0.793. The Kier molecular flexibility index (Phi) is 5.30. The van der Waals surface area contributed by atoms with Gasteiger partial charge in [-0.3, -0.25) is 9.59 Å². The van der Waals surface area contributed by atoms with Crippen LogP contribution in [0, 0.1) is 0 Å². The van der Waals surface area contributed by atoms with Gasteiger partial charge in [-0.25, -0.2) is 4.98 Å². The Labute approximate surface area is 171 Å². The van der Waals surface area contributed by atoms with E-state index in [-0.39, 0.29) is 24.3 Å². The third kappa shape index (κ3) is 3.99. The van der Waals surface area contributed by atoms with Crippen LogP contribution in [0.4, 0.5) is 0 Å². The van der Waals surface area contributed by atoms with Crippen molar-refractivity contribution in [2.75, 3.05) is 27.2 Å². The van der Waals surface area contributed by atoms with Crippen molar-refractivity contribution >= 4 is 11.8 Å². The molecule has 0 spiro atoms. The molecule has 3 heterocycles. The van der Waals surface area contributed by atoms with Crippen molar-refractivity contribution in [3.63, 3.8) is 0 Å². The number of carbonyl (C=O) groups is 2. The number of hydrogen-bond donors (Lipinski definition) is 0. The zero-order chi connectivity index (χ0) is 20.5. The van der Waals surface area contributed by atoms with Crippen LogP contribution in [0.25, 0.3) is 0 Å². The molecule has 0 saturated heterocycles. The van der Waals surface area contributed by atoms with Gasteiger partial charge in [-0.1, -0.05) is 12.1 Å². The lowest BCUT2D eigenvalue weighted by Crippen LogP contribution is -2.41. The van der Waals surface area contributed by atoms with E-state index in [1.807, 2.05) is 30.2 Å². The van der Waals surface area contributed by atoms with Crippen LogP contribution >= 0.6 is 0 Å². The fourth-order valence-corrected chi connectivity index (χ4v) is 4.09. The molecule has 0 bridgehead atoms. The van der Waals surface area contributed by atoms with Crippen molar-refractivity contribution < 1.29 is 14.3 Å². The number of nitrogens with zero attached hydrogens (tertiary/aromatic N) is 4. The third-order valence-electron chi connectivity index (χ3n) is 5.76. The third-order valence-corrected chi connectivity index (χ3v) is 5.76. The van der Waals surface area contributed by atoms with Gasteiger partial charge in [-0.05, 0) is 37.0 Å². The summed E-state index contributed by atoms with van der Waals surface area (Å²) in [5.41, 5.74) is 2.98. The maximum atomic E-state index is 13.0. The molecule has 4 rings (SSSR count). The zero-order valence-corrected chi connectivity index (χ0v) is 17.4. The maximum Gasteiger partial charge on any atom is 0.228 e. The Morgan fingerprint density at radius 1 is 1.24 bits per heavy atom. The molecule has 1 aromatic heterocycles. The summed E-state index contributed by atoms with van der Waals surface area (Å²) in [4.78, 5) is 33.1. The van der Waals surface area contributed by atoms with Crippen LogP contribution < -0.4 is 4.74 Å². The second-order valence-corrected chi connectivity index (χ2v) is 8.08. The summed E-state index contributed by atoms with van der Waals surface area (Å²) in [6.45, 7) is 4.13. The molecule has 0 fully saturated rings. The van der Waals surface area contributed by atoms with Crippen LogP contribution in [0.1, 0.15) is 42.0 Å². The van der Waals surface area contributed by atoms with E-state index < -0.39 is 0 Å². The molecule has 2 aromatic rings. The van der Waals surface area contributed by atoms with Crippen molar-refractivity contribution in [3.05, 3.63) is 47.0 Å². The van der Waals surface area contributed by atoms with Gasteiger partial charge in [-0.2, -0.15) is 0 Å². The summed E-state index contributed by atoms with van der Waals surface area (Å²) in [6, 6.07) is 5.97. The largest absolute Gasteiger partial charge is 0.493 e. The highest BCUT2D eigenvalue weighted by Crippen LogP contribution is 2.28. The van der Waals surface area contributed by atoms with Crippen molar-refractivity contribution in [1.82, 2.24) is 19.4 Å². The molecule has 1 aromatic carbocycles. The van der Waals surface area contributed by atoms with Gasteiger partial charge in [0.15, 0.2) is 0 Å². The molecule has 0 radical (unpaired) electrons. The topological polar surface area (TPSA) is 67.7 Å². The summed E-state index contributed by atoms with van der Waals surface area (Å²) < 4.78 is 7.74. The number of imidazole rings is 1. The Balaban J connectivity index is 1.46. The average molecular weight is 396 g/mol. The highest BCUT2D eigenvalue weighted by molar-refractivity contribution is 5.79. The van der Waals surface area contributed by atoms with Gasteiger partial charge < -0.3 is 19.1 Å². The van der Waals surface area contributed by atoms with Gasteiger partial charge in [0, 0.05) is 33.4 Å². The van der Waals surface area contributed by atoms with Gasteiger partial charge in [0.05, 0.1) is 31.2 Å². The van der Waals surface area contributed by atoms with E-state index in [1.165, 1.54) is 5.56 Å². The Bertz CT molecular complexity index is 934. The number of hydrogen-bond acceptors (Lipinski definition) is 4. The smallest absolute Gasteiger partial charge is 0.228 e. The van der Waals surface area contributed by atoms with E-state index >= 15 is 0 Å². The first kappa shape index (κ1) is 19.5. The maximum absolute atomic E-state index is 13.0. The summed E-state index contributed by atoms with van der Waals surface area (Å²) in [5.74, 6) is 1.93. The number of likely N-dealkylation sites (N-methyl/N-ethyl adjacent to an activating group) is 1. The van der Waals surface area contributed by atoms with Crippen molar-refractivity contribution in [2.45, 2.75) is 45.2 Å². The number of amides is 2. The highest BCUT2D eigenvalue weighted by atomic mass is 16.5. The lowest BCUT2D eigenvalue weighted by Gasteiger charge is -2.34. The van der Waals surface area contributed by atoms with E-state index in [1.54, 1.807) is 19.0 Å². The molecule has 7 heteroatoms. The van der Waals surface area contributed by atoms with E-state index in [0.717, 1.165) is 42.3 Å². The molecule has 2 amide bonds. The van der Waals surface area contributed by atoms with Gasteiger partial charge >= 0.3 is 0 Å². The minimum atomic E-state index is -0.111. The summed E-state index contributed by atoms with van der Waals surface area (Å²) >= 11 is 0. The number of aromatic nitrogens is 2.